The number of halogens is 1. The number of hydrogen-bond acceptors (Lipinski definition) is 6. The number of amides is 1. The maximum Gasteiger partial charge on any atom is 0.342 e. The number of nitrogens with one attached hydrogen (secondary N) is 1. The van der Waals surface area contributed by atoms with Crippen molar-refractivity contribution in [1.29, 1.82) is 5.26 Å². The molecule has 6 nitrogen and oxygen atoms in total. The number of carbonyl (C=O) groups excluding carboxylic acids is 2. The molecular formula is C18H15ClN2O4S. The third-order valence-electron chi connectivity index (χ3n) is 4.05. The third kappa shape index (κ3) is 3.82. The third-order valence-corrected chi connectivity index (χ3v) is 5.49. The molecule has 0 spiro atoms. The Kier molecular flexibility index (Phi) is 5.45. The number of ether oxygens (including phenoxy) is 1. The molecular weight excluding hydrogens is 376 g/mol. The molecule has 2 N–H and O–H groups in total. The highest BCUT2D eigenvalue weighted by Crippen LogP contribution is 2.37. The number of fused-ring (bicyclic) bond motifs is 1. The van der Waals surface area contributed by atoms with Crippen LogP contribution in [0.25, 0.3) is 0 Å². The number of esters is 1. The molecule has 26 heavy (non-hydrogen) atoms. The summed E-state index contributed by atoms with van der Waals surface area (Å²) in [5.74, 6) is -1.69. The van der Waals surface area contributed by atoms with Crippen molar-refractivity contribution < 1.29 is 19.4 Å². The fourth-order valence-corrected chi connectivity index (χ4v) is 4.24. The van der Waals surface area contributed by atoms with Crippen LogP contribution in [0.5, 0.6) is 5.75 Å². The van der Waals surface area contributed by atoms with E-state index in [1.54, 1.807) is 0 Å². The molecule has 0 saturated heterocycles. The van der Waals surface area contributed by atoms with E-state index in [4.69, 9.17) is 16.3 Å². The summed E-state index contributed by atoms with van der Waals surface area (Å²) in [5.41, 5.74) is 1.44. The highest BCUT2D eigenvalue weighted by atomic mass is 35.5. The van der Waals surface area contributed by atoms with E-state index in [1.807, 2.05) is 0 Å². The first-order valence-corrected chi connectivity index (χ1v) is 9.19. The van der Waals surface area contributed by atoms with Crippen LogP contribution in [0.4, 0.5) is 5.00 Å². The van der Waals surface area contributed by atoms with E-state index in [0.717, 1.165) is 36.1 Å². The van der Waals surface area contributed by atoms with Crippen LogP contribution in [0.3, 0.4) is 0 Å². The number of aryl methyl sites for hydroxylation is 1. The van der Waals surface area contributed by atoms with Crippen LogP contribution in [0.1, 0.15) is 39.2 Å². The molecule has 134 valence electrons. The molecule has 2 aromatic rings. The van der Waals surface area contributed by atoms with Gasteiger partial charge in [-0.3, -0.25) is 4.79 Å². The lowest BCUT2D eigenvalue weighted by molar-refractivity contribution is -0.119. The minimum Gasteiger partial charge on any atom is -0.507 e. The Balaban J connectivity index is 1.64. The summed E-state index contributed by atoms with van der Waals surface area (Å²) in [4.78, 5) is 25.2. The van der Waals surface area contributed by atoms with E-state index in [-0.39, 0.29) is 16.3 Å². The predicted octanol–water partition coefficient (Wildman–Crippen LogP) is 3.65. The molecule has 1 aromatic carbocycles. The van der Waals surface area contributed by atoms with E-state index < -0.39 is 18.5 Å². The van der Waals surface area contributed by atoms with Crippen LogP contribution in [0.2, 0.25) is 5.02 Å². The molecule has 0 aliphatic heterocycles. The first kappa shape index (κ1) is 18.2. The molecule has 0 fully saturated rings. The number of hydrogen-bond donors (Lipinski definition) is 2. The van der Waals surface area contributed by atoms with Crippen LogP contribution < -0.4 is 5.32 Å². The van der Waals surface area contributed by atoms with Gasteiger partial charge in [0.05, 0.1) is 5.56 Å². The van der Waals surface area contributed by atoms with Gasteiger partial charge in [-0.05, 0) is 49.4 Å². The number of carbonyl (C=O) groups is 2. The Bertz CT molecular complexity index is 917. The Morgan fingerprint density at radius 1 is 1.35 bits per heavy atom. The number of anilines is 1. The van der Waals surface area contributed by atoms with Gasteiger partial charge < -0.3 is 15.2 Å². The zero-order chi connectivity index (χ0) is 18.7. The van der Waals surface area contributed by atoms with Crippen LogP contribution in [-0.4, -0.2) is 23.6 Å². The van der Waals surface area contributed by atoms with Gasteiger partial charge in [0.2, 0.25) is 0 Å². The summed E-state index contributed by atoms with van der Waals surface area (Å²) in [5, 5.41) is 22.5. The lowest BCUT2D eigenvalue weighted by Gasteiger charge is -2.09. The molecule has 8 heteroatoms. The average Bonchev–Trinajstić information content (AvgIpc) is 2.96. The van der Waals surface area contributed by atoms with Crippen molar-refractivity contribution in [1.82, 2.24) is 0 Å². The number of rotatable bonds is 4. The van der Waals surface area contributed by atoms with Crippen molar-refractivity contribution in [2.75, 3.05) is 11.9 Å². The normalized spacial score (nSPS) is 12.8. The number of phenolic OH excluding ortho intramolecular Hbond substituents is 1. The Morgan fingerprint density at radius 3 is 2.85 bits per heavy atom. The average molecular weight is 391 g/mol. The lowest BCUT2D eigenvalue weighted by atomic mass is 9.96. The second kappa shape index (κ2) is 7.77. The highest BCUT2D eigenvalue weighted by Gasteiger charge is 2.22. The largest absolute Gasteiger partial charge is 0.507 e. The first-order chi connectivity index (χ1) is 12.5. The topological polar surface area (TPSA) is 99.4 Å². The highest BCUT2D eigenvalue weighted by molar-refractivity contribution is 7.16. The van der Waals surface area contributed by atoms with Gasteiger partial charge in [-0.2, -0.15) is 5.26 Å². The molecule has 0 atom stereocenters. The summed E-state index contributed by atoms with van der Waals surface area (Å²) in [7, 11) is 0. The van der Waals surface area contributed by atoms with Gasteiger partial charge in [0.25, 0.3) is 5.91 Å². The number of nitrogens with zero attached hydrogens (tertiary/aromatic N) is 1. The number of thiophene rings is 1. The zero-order valence-corrected chi connectivity index (χ0v) is 15.2. The number of nitriles is 1. The van der Waals surface area contributed by atoms with Gasteiger partial charge in [-0.25, -0.2) is 4.79 Å². The van der Waals surface area contributed by atoms with E-state index in [2.05, 4.69) is 11.4 Å². The minimum absolute atomic E-state index is 0.0773. The molecule has 1 heterocycles. The monoisotopic (exact) mass is 390 g/mol. The maximum absolute atomic E-state index is 12.1. The Labute approximate surface area is 159 Å². The van der Waals surface area contributed by atoms with E-state index in [1.165, 1.54) is 29.5 Å². The van der Waals surface area contributed by atoms with Crippen molar-refractivity contribution in [3.8, 4) is 11.8 Å². The van der Waals surface area contributed by atoms with Gasteiger partial charge in [-0.15, -0.1) is 11.3 Å². The molecule has 1 amide bonds. The van der Waals surface area contributed by atoms with Gasteiger partial charge in [-0.1, -0.05) is 11.6 Å². The summed E-state index contributed by atoms with van der Waals surface area (Å²) in [6, 6.07) is 6.13. The molecule has 0 bridgehead atoms. The number of benzene rings is 1. The van der Waals surface area contributed by atoms with Crippen LogP contribution >= 0.6 is 22.9 Å². The van der Waals surface area contributed by atoms with Crippen molar-refractivity contribution in [3.63, 3.8) is 0 Å². The van der Waals surface area contributed by atoms with Crippen molar-refractivity contribution in [3.05, 3.63) is 44.8 Å². The Hall–Kier alpha value is -2.56. The van der Waals surface area contributed by atoms with Gasteiger partial charge in [0, 0.05) is 9.90 Å². The minimum atomic E-state index is -0.833. The Morgan fingerprint density at radius 2 is 2.12 bits per heavy atom. The molecule has 1 aromatic heterocycles. The van der Waals surface area contributed by atoms with Crippen molar-refractivity contribution in [2.24, 2.45) is 0 Å². The maximum atomic E-state index is 12.1. The summed E-state index contributed by atoms with van der Waals surface area (Å²) in [6.07, 6.45) is 3.87. The smallest absolute Gasteiger partial charge is 0.342 e. The fraction of sp³-hybridized carbons (Fsp3) is 0.278. The summed E-state index contributed by atoms with van der Waals surface area (Å²) < 4.78 is 4.93. The van der Waals surface area contributed by atoms with Crippen LogP contribution in [-0.2, 0) is 22.4 Å². The van der Waals surface area contributed by atoms with Gasteiger partial charge in [0.15, 0.2) is 6.61 Å². The molecule has 3 rings (SSSR count). The zero-order valence-electron chi connectivity index (χ0n) is 13.7. The summed E-state index contributed by atoms with van der Waals surface area (Å²) >= 11 is 7.11. The fourth-order valence-electron chi connectivity index (χ4n) is 2.82. The quantitative estimate of drug-likeness (QED) is 0.776. The SMILES string of the molecule is N#Cc1c(NC(=O)COC(=O)c2ccc(Cl)cc2O)sc2c1CCCC2. The second-order valence-electron chi connectivity index (χ2n) is 5.81. The van der Waals surface area contributed by atoms with E-state index in [9.17, 15) is 20.0 Å². The van der Waals surface area contributed by atoms with Crippen molar-refractivity contribution >= 4 is 39.8 Å². The van der Waals surface area contributed by atoms with Gasteiger partial charge >= 0.3 is 5.97 Å². The molecule has 1 aliphatic carbocycles. The molecule has 0 saturated carbocycles. The standard InChI is InChI=1S/C18H15ClN2O4S/c19-10-5-6-12(14(22)7-10)18(24)25-9-16(23)21-17-13(8-20)11-3-1-2-4-15(11)26-17/h5-7,22H,1-4,9H2,(H,21,23). The van der Waals surface area contributed by atoms with Gasteiger partial charge in [0.1, 0.15) is 22.4 Å². The van der Waals surface area contributed by atoms with Crippen molar-refractivity contribution in [2.45, 2.75) is 25.7 Å². The van der Waals surface area contributed by atoms with Crippen LogP contribution in [0, 0.1) is 11.3 Å². The lowest BCUT2D eigenvalue weighted by Crippen LogP contribution is -2.21. The molecule has 0 radical (unpaired) electrons. The predicted molar refractivity (Wildman–Crippen MR) is 97.7 cm³/mol. The molecule has 0 unspecified atom stereocenters. The number of phenols is 1. The second-order valence-corrected chi connectivity index (χ2v) is 7.35. The van der Waals surface area contributed by atoms with Crippen LogP contribution in [0.15, 0.2) is 18.2 Å². The number of aromatic hydroxyl groups is 1. The van der Waals surface area contributed by atoms with E-state index >= 15 is 0 Å². The molecule has 1 aliphatic rings. The summed E-state index contributed by atoms with van der Waals surface area (Å²) in [6.45, 7) is -0.520. The first-order valence-electron chi connectivity index (χ1n) is 7.99. The van der Waals surface area contributed by atoms with E-state index in [0.29, 0.717) is 10.6 Å².